The Kier molecular flexibility index (Phi) is 2.29. The molecule has 0 saturated heterocycles. The smallest absolute Gasteiger partial charge is 0.219 e. The molecule has 2 nitrogen and oxygen atoms in total. The van der Waals surface area contributed by atoms with E-state index < -0.39 is 0 Å². The van der Waals surface area contributed by atoms with Crippen LogP contribution in [0.4, 0.5) is 0 Å². The molecule has 1 amide bonds. The first-order valence-electron chi connectivity index (χ1n) is 5.34. The van der Waals surface area contributed by atoms with Crippen molar-refractivity contribution in [3.63, 3.8) is 0 Å². The summed E-state index contributed by atoms with van der Waals surface area (Å²) in [6, 6.07) is 8.40. The lowest BCUT2D eigenvalue weighted by molar-refractivity contribution is -0.130. The molecular weight excluding hydrogens is 186 g/mol. The molecule has 1 aliphatic heterocycles. The van der Waals surface area contributed by atoms with Gasteiger partial charge in [0.25, 0.3) is 0 Å². The van der Waals surface area contributed by atoms with Crippen LogP contribution >= 0.6 is 0 Å². The number of amides is 1. The lowest BCUT2D eigenvalue weighted by Crippen LogP contribution is -2.44. The lowest BCUT2D eigenvalue weighted by Gasteiger charge is -2.39. The first-order valence-corrected chi connectivity index (χ1v) is 5.34. The molecule has 1 aromatic rings. The van der Waals surface area contributed by atoms with E-state index in [-0.39, 0.29) is 11.3 Å². The Morgan fingerprint density at radius 1 is 1.33 bits per heavy atom. The SMILES string of the molecule is CC(=O)N1Cc2ccccc2C(C)(C)C1. The van der Waals surface area contributed by atoms with E-state index in [1.165, 1.54) is 11.1 Å². The quantitative estimate of drug-likeness (QED) is 0.633. The summed E-state index contributed by atoms with van der Waals surface area (Å²) in [4.78, 5) is 13.3. The molecule has 0 saturated carbocycles. The average molecular weight is 203 g/mol. The van der Waals surface area contributed by atoms with Crippen LogP contribution in [-0.2, 0) is 16.8 Å². The van der Waals surface area contributed by atoms with Gasteiger partial charge in [-0.25, -0.2) is 0 Å². The molecule has 80 valence electrons. The van der Waals surface area contributed by atoms with Gasteiger partial charge in [0.1, 0.15) is 0 Å². The van der Waals surface area contributed by atoms with Crippen LogP contribution in [0, 0.1) is 0 Å². The highest BCUT2D eigenvalue weighted by Crippen LogP contribution is 2.32. The van der Waals surface area contributed by atoms with Gasteiger partial charge >= 0.3 is 0 Å². The van der Waals surface area contributed by atoms with E-state index in [1.807, 2.05) is 11.0 Å². The zero-order valence-electron chi connectivity index (χ0n) is 9.58. The molecule has 1 heterocycles. The third-order valence-electron chi connectivity index (χ3n) is 3.14. The Balaban J connectivity index is 2.43. The first-order chi connectivity index (χ1) is 7.00. The summed E-state index contributed by atoms with van der Waals surface area (Å²) in [6.45, 7) is 7.61. The van der Waals surface area contributed by atoms with Gasteiger partial charge < -0.3 is 4.90 Å². The molecule has 0 unspecified atom stereocenters. The molecule has 2 heteroatoms. The van der Waals surface area contributed by atoms with Gasteiger partial charge in [0, 0.05) is 25.4 Å². The summed E-state index contributed by atoms with van der Waals surface area (Å²) in [6.07, 6.45) is 0. The first kappa shape index (κ1) is 10.2. The minimum atomic E-state index is 0.0700. The second-order valence-corrected chi connectivity index (χ2v) is 4.92. The van der Waals surface area contributed by atoms with Crippen molar-refractivity contribution in [3.8, 4) is 0 Å². The molecular formula is C13H17NO. The van der Waals surface area contributed by atoms with Crippen LogP contribution in [0.1, 0.15) is 31.9 Å². The van der Waals surface area contributed by atoms with Gasteiger partial charge in [-0.2, -0.15) is 0 Å². The zero-order valence-corrected chi connectivity index (χ0v) is 9.58. The van der Waals surface area contributed by atoms with Crippen molar-refractivity contribution in [2.24, 2.45) is 0 Å². The van der Waals surface area contributed by atoms with E-state index in [0.29, 0.717) is 0 Å². The maximum Gasteiger partial charge on any atom is 0.219 e. The fourth-order valence-corrected chi connectivity index (χ4v) is 2.36. The van der Waals surface area contributed by atoms with Gasteiger partial charge in [-0.3, -0.25) is 4.79 Å². The van der Waals surface area contributed by atoms with Crippen molar-refractivity contribution in [2.45, 2.75) is 32.7 Å². The maximum atomic E-state index is 11.4. The largest absolute Gasteiger partial charge is 0.338 e. The van der Waals surface area contributed by atoms with Crippen molar-refractivity contribution in [3.05, 3.63) is 35.4 Å². The molecule has 2 rings (SSSR count). The van der Waals surface area contributed by atoms with Crippen molar-refractivity contribution >= 4 is 5.91 Å². The summed E-state index contributed by atoms with van der Waals surface area (Å²) < 4.78 is 0. The topological polar surface area (TPSA) is 20.3 Å². The molecule has 15 heavy (non-hydrogen) atoms. The number of carbonyl (C=O) groups is 1. The predicted molar refractivity (Wildman–Crippen MR) is 60.6 cm³/mol. The highest BCUT2D eigenvalue weighted by atomic mass is 16.2. The van der Waals surface area contributed by atoms with Gasteiger partial charge in [-0.1, -0.05) is 38.1 Å². The standard InChI is InChI=1S/C13H17NO/c1-10(15)14-8-11-6-4-5-7-12(11)13(2,3)9-14/h4-7H,8-9H2,1-3H3. The number of nitrogens with zero attached hydrogens (tertiary/aromatic N) is 1. The third-order valence-corrected chi connectivity index (χ3v) is 3.14. The Bertz CT molecular complexity index is 395. The summed E-state index contributed by atoms with van der Waals surface area (Å²) in [5.41, 5.74) is 2.73. The second-order valence-electron chi connectivity index (χ2n) is 4.92. The minimum absolute atomic E-state index is 0.0700. The van der Waals surface area contributed by atoms with E-state index in [2.05, 4.69) is 32.0 Å². The van der Waals surface area contributed by atoms with Gasteiger partial charge in [0.2, 0.25) is 5.91 Å². The number of benzene rings is 1. The van der Waals surface area contributed by atoms with E-state index in [4.69, 9.17) is 0 Å². The molecule has 0 fully saturated rings. The number of rotatable bonds is 0. The molecule has 0 aliphatic carbocycles. The van der Waals surface area contributed by atoms with Crippen molar-refractivity contribution in [1.29, 1.82) is 0 Å². The molecule has 0 bridgehead atoms. The molecule has 0 N–H and O–H groups in total. The van der Waals surface area contributed by atoms with Crippen LogP contribution in [0.15, 0.2) is 24.3 Å². The molecule has 0 atom stereocenters. The average Bonchev–Trinajstić information content (AvgIpc) is 2.16. The van der Waals surface area contributed by atoms with Gasteiger partial charge in [-0.15, -0.1) is 0 Å². The summed E-state index contributed by atoms with van der Waals surface area (Å²) in [7, 11) is 0. The molecule has 1 aromatic carbocycles. The van der Waals surface area contributed by atoms with Crippen LogP contribution in [0.5, 0.6) is 0 Å². The van der Waals surface area contributed by atoms with Gasteiger partial charge in [0.15, 0.2) is 0 Å². The van der Waals surface area contributed by atoms with Crippen LogP contribution in [0.2, 0.25) is 0 Å². The second kappa shape index (κ2) is 3.37. The fourth-order valence-electron chi connectivity index (χ4n) is 2.36. The number of hydrogen-bond acceptors (Lipinski definition) is 1. The van der Waals surface area contributed by atoms with Gasteiger partial charge in [0.05, 0.1) is 0 Å². The predicted octanol–water partition coefficient (Wildman–Crippen LogP) is 2.33. The zero-order chi connectivity index (χ0) is 11.1. The summed E-state index contributed by atoms with van der Waals surface area (Å²) >= 11 is 0. The monoisotopic (exact) mass is 203 g/mol. The highest BCUT2D eigenvalue weighted by molar-refractivity contribution is 5.74. The molecule has 0 spiro atoms. The van der Waals surface area contributed by atoms with E-state index in [9.17, 15) is 4.79 Å². The molecule has 1 aliphatic rings. The molecule has 0 radical (unpaired) electrons. The normalized spacial score (nSPS) is 18.5. The Labute approximate surface area is 90.9 Å². The summed E-state index contributed by atoms with van der Waals surface area (Å²) in [5, 5.41) is 0. The van der Waals surface area contributed by atoms with E-state index >= 15 is 0 Å². The van der Waals surface area contributed by atoms with Crippen molar-refractivity contribution in [2.75, 3.05) is 6.54 Å². The van der Waals surface area contributed by atoms with E-state index in [0.717, 1.165) is 13.1 Å². The van der Waals surface area contributed by atoms with Gasteiger partial charge in [-0.05, 0) is 11.1 Å². The van der Waals surface area contributed by atoms with E-state index in [1.54, 1.807) is 6.92 Å². The Morgan fingerprint density at radius 3 is 2.67 bits per heavy atom. The van der Waals surface area contributed by atoms with Crippen molar-refractivity contribution < 1.29 is 4.79 Å². The number of fused-ring (bicyclic) bond motifs is 1. The highest BCUT2D eigenvalue weighted by Gasteiger charge is 2.32. The fraction of sp³-hybridized carbons (Fsp3) is 0.462. The maximum absolute atomic E-state index is 11.4. The van der Waals surface area contributed by atoms with Crippen LogP contribution in [-0.4, -0.2) is 17.4 Å². The lowest BCUT2D eigenvalue weighted by atomic mass is 9.78. The Morgan fingerprint density at radius 2 is 2.00 bits per heavy atom. The van der Waals surface area contributed by atoms with Crippen LogP contribution in [0.25, 0.3) is 0 Å². The number of hydrogen-bond donors (Lipinski definition) is 0. The minimum Gasteiger partial charge on any atom is -0.338 e. The number of carbonyl (C=O) groups excluding carboxylic acids is 1. The summed E-state index contributed by atoms with van der Waals surface area (Å²) in [5.74, 6) is 0.164. The third kappa shape index (κ3) is 1.76. The Hall–Kier alpha value is -1.31. The van der Waals surface area contributed by atoms with Crippen molar-refractivity contribution in [1.82, 2.24) is 4.90 Å². The van der Waals surface area contributed by atoms with Crippen LogP contribution in [0.3, 0.4) is 0 Å². The molecule has 0 aromatic heterocycles. The van der Waals surface area contributed by atoms with Crippen LogP contribution < -0.4 is 0 Å².